The first-order valence-electron chi connectivity index (χ1n) is 8.58. The molecule has 0 aromatic heterocycles. The van der Waals surface area contributed by atoms with E-state index in [1.54, 1.807) is 12.1 Å². The second-order valence-corrected chi connectivity index (χ2v) is 7.58. The molecule has 1 aromatic carbocycles. The maximum absolute atomic E-state index is 12.5. The Morgan fingerprint density at radius 3 is 2.42 bits per heavy atom. The standard InChI is InChI=1S/C17H24FNO4S/c18-24(20,21)23-16-9-7-14(8-10-16)12-19(15-4-1-2-5-15)13-17-6-3-11-22-17/h7-10,15,17H,1-6,11-13H2. The van der Waals surface area contributed by atoms with E-state index in [4.69, 9.17) is 4.74 Å². The summed E-state index contributed by atoms with van der Waals surface area (Å²) in [5.74, 6) is -0.00667. The van der Waals surface area contributed by atoms with Crippen LogP contribution in [0.15, 0.2) is 24.3 Å². The van der Waals surface area contributed by atoms with E-state index < -0.39 is 10.5 Å². The first-order chi connectivity index (χ1) is 11.5. The van der Waals surface area contributed by atoms with Crippen molar-refractivity contribution in [3.63, 3.8) is 0 Å². The predicted octanol–water partition coefficient (Wildman–Crippen LogP) is 3.20. The molecule has 7 heteroatoms. The summed E-state index contributed by atoms with van der Waals surface area (Å²) in [5, 5.41) is 0. The molecule has 3 rings (SSSR count). The van der Waals surface area contributed by atoms with Crippen LogP contribution in [-0.4, -0.2) is 38.6 Å². The largest absolute Gasteiger partial charge is 0.488 e. The monoisotopic (exact) mass is 357 g/mol. The van der Waals surface area contributed by atoms with E-state index in [1.807, 2.05) is 0 Å². The van der Waals surface area contributed by atoms with E-state index in [2.05, 4.69) is 9.08 Å². The molecule has 0 amide bonds. The van der Waals surface area contributed by atoms with E-state index in [0.29, 0.717) is 12.1 Å². The molecule has 1 saturated heterocycles. The summed E-state index contributed by atoms with van der Waals surface area (Å²) in [5.41, 5.74) is 1.06. The molecule has 1 saturated carbocycles. The van der Waals surface area contributed by atoms with Crippen LogP contribution in [-0.2, 0) is 21.8 Å². The van der Waals surface area contributed by atoms with Crippen molar-refractivity contribution >= 4 is 10.5 Å². The molecule has 1 heterocycles. The van der Waals surface area contributed by atoms with Gasteiger partial charge in [0.25, 0.3) is 0 Å². The van der Waals surface area contributed by atoms with Gasteiger partial charge in [0.05, 0.1) is 6.10 Å². The Morgan fingerprint density at radius 1 is 1.12 bits per heavy atom. The topological polar surface area (TPSA) is 55.8 Å². The van der Waals surface area contributed by atoms with Crippen LogP contribution < -0.4 is 4.18 Å². The van der Waals surface area contributed by atoms with Crippen LogP contribution in [0.1, 0.15) is 44.1 Å². The number of halogens is 1. The second kappa shape index (κ2) is 7.80. The summed E-state index contributed by atoms with van der Waals surface area (Å²) in [4.78, 5) is 2.48. The van der Waals surface area contributed by atoms with Gasteiger partial charge < -0.3 is 8.92 Å². The van der Waals surface area contributed by atoms with Gasteiger partial charge in [0.2, 0.25) is 0 Å². The lowest BCUT2D eigenvalue weighted by Gasteiger charge is -2.31. The van der Waals surface area contributed by atoms with E-state index >= 15 is 0 Å². The number of rotatable bonds is 7. The summed E-state index contributed by atoms with van der Waals surface area (Å²) in [6, 6.07) is 7.14. The fourth-order valence-electron chi connectivity index (χ4n) is 3.66. The Kier molecular flexibility index (Phi) is 5.73. The lowest BCUT2D eigenvalue weighted by Crippen LogP contribution is -2.38. The van der Waals surface area contributed by atoms with E-state index in [9.17, 15) is 12.3 Å². The average Bonchev–Trinajstić information content (AvgIpc) is 3.19. The van der Waals surface area contributed by atoms with Crippen LogP contribution in [0.3, 0.4) is 0 Å². The summed E-state index contributed by atoms with van der Waals surface area (Å²) >= 11 is 0. The number of ether oxygens (including phenoxy) is 1. The minimum Gasteiger partial charge on any atom is -0.377 e. The molecule has 1 atom stereocenters. The van der Waals surface area contributed by atoms with Gasteiger partial charge in [0.1, 0.15) is 5.75 Å². The molecule has 0 spiro atoms. The Labute approximate surface area is 143 Å². The van der Waals surface area contributed by atoms with Crippen molar-refractivity contribution in [3.8, 4) is 5.75 Å². The van der Waals surface area contributed by atoms with Crippen molar-refractivity contribution in [2.45, 2.75) is 57.2 Å². The molecular formula is C17H24FNO4S. The van der Waals surface area contributed by atoms with Crippen LogP contribution in [0.25, 0.3) is 0 Å². The van der Waals surface area contributed by atoms with E-state index in [1.165, 1.54) is 37.8 Å². The van der Waals surface area contributed by atoms with Gasteiger partial charge in [-0.3, -0.25) is 4.90 Å². The highest BCUT2D eigenvalue weighted by Crippen LogP contribution is 2.27. The Hall–Kier alpha value is -1.18. The van der Waals surface area contributed by atoms with Crippen LogP contribution in [0.4, 0.5) is 3.89 Å². The maximum atomic E-state index is 12.5. The average molecular weight is 357 g/mol. The molecule has 1 unspecified atom stereocenters. The summed E-state index contributed by atoms with van der Waals surface area (Å²) in [6.45, 7) is 2.57. The summed E-state index contributed by atoms with van der Waals surface area (Å²) in [7, 11) is -4.97. The van der Waals surface area contributed by atoms with Crippen LogP contribution >= 0.6 is 0 Å². The zero-order valence-electron chi connectivity index (χ0n) is 13.7. The van der Waals surface area contributed by atoms with Gasteiger partial charge in [-0.25, -0.2) is 0 Å². The first-order valence-corrected chi connectivity index (χ1v) is 9.89. The second-order valence-electron chi connectivity index (χ2n) is 6.62. The highest BCUT2D eigenvalue weighted by Gasteiger charge is 2.27. The van der Waals surface area contributed by atoms with Crippen molar-refractivity contribution in [1.29, 1.82) is 0 Å². The molecule has 2 aliphatic rings. The first kappa shape index (κ1) is 17.6. The Bertz CT molecular complexity index is 622. The molecule has 1 aliphatic carbocycles. The fourth-order valence-corrected chi connectivity index (χ4v) is 4.00. The highest BCUT2D eigenvalue weighted by atomic mass is 32.3. The number of hydrogen-bond donors (Lipinski definition) is 0. The smallest absolute Gasteiger partial charge is 0.377 e. The Morgan fingerprint density at radius 2 is 1.83 bits per heavy atom. The van der Waals surface area contributed by atoms with Gasteiger partial charge in [0, 0.05) is 25.7 Å². The third-order valence-corrected chi connectivity index (χ3v) is 5.20. The predicted molar refractivity (Wildman–Crippen MR) is 88.7 cm³/mol. The molecule has 1 aromatic rings. The molecule has 0 radical (unpaired) electrons. The third kappa shape index (κ3) is 5.16. The minimum absolute atomic E-state index is 0.00667. The van der Waals surface area contributed by atoms with Gasteiger partial charge in [-0.15, -0.1) is 0 Å². The number of benzene rings is 1. The molecule has 2 fully saturated rings. The van der Waals surface area contributed by atoms with Crippen LogP contribution in [0.2, 0.25) is 0 Å². The van der Waals surface area contributed by atoms with Gasteiger partial charge in [-0.2, -0.15) is 8.42 Å². The highest BCUT2D eigenvalue weighted by molar-refractivity contribution is 7.81. The minimum atomic E-state index is -4.97. The SMILES string of the molecule is O=S(=O)(F)Oc1ccc(CN(CC2CCCO2)C2CCCC2)cc1. The van der Waals surface area contributed by atoms with Crippen LogP contribution in [0.5, 0.6) is 5.75 Å². The van der Waals surface area contributed by atoms with Crippen molar-refractivity contribution in [2.75, 3.05) is 13.2 Å². The zero-order chi connectivity index (χ0) is 17.0. The van der Waals surface area contributed by atoms with Crippen molar-refractivity contribution in [1.82, 2.24) is 4.90 Å². The number of nitrogens with zero attached hydrogens (tertiary/aromatic N) is 1. The normalized spacial score (nSPS) is 22.3. The third-order valence-electron chi connectivity index (χ3n) is 4.81. The van der Waals surface area contributed by atoms with E-state index in [-0.39, 0.29) is 5.75 Å². The van der Waals surface area contributed by atoms with Crippen molar-refractivity contribution in [3.05, 3.63) is 29.8 Å². The van der Waals surface area contributed by atoms with Gasteiger partial charge in [-0.1, -0.05) is 28.9 Å². The number of hydrogen-bond acceptors (Lipinski definition) is 5. The maximum Gasteiger partial charge on any atom is 0.488 e. The molecule has 0 N–H and O–H groups in total. The zero-order valence-corrected chi connectivity index (χ0v) is 14.5. The lowest BCUT2D eigenvalue weighted by atomic mass is 10.1. The quantitative estimate of drug-likeness (QED) is 0.702. The van der Waals surface area contributed by atoms with Gasteiger partial charge >= 0.3 is 10.5 Å². The molecule has 24 heavy (non-hydrogen) atoms. The van der Waals surface area contributed by atoms with Gasteiger partial charge in [0.15, 0.2) is 0 Å². The molecule has 0 bridgehead atoms. The van der Waals surface area contributed by atoms with Gasteiger partial charge in [-0.05, 0) is 43.4 Å². The van der Waals surface area contributed by atoms with Crippen LogP contribution in [0, 0.1) is 0 Å². The summed E-state index contributed by atoms with van der Waals surface area (Å²) < 4.78 is 43.6. The fraction of sp³-hybridized carbons (Fsp3) is 0.647. The van der Waals surface area contributed by atoms with Crippen molar-refractivity contribution in [2.24, 2.45) is 0 Å². The molecular weight excluding hydrogens is 333 g/mol. The summed E-state index contributed by atoms with van der Waals surface area (Å²) in [6.07, 6.45) is 7.53. The molecule has 5 nitrogen and oxygen atoms in total. The lowest BCUT2D eigenvalue weighted by molar-refractivity contribution is 0.0542. The van der Waals surface area contributed by atoms with E-state index in [0.717, 1.165) is 38.1 Å². The van der Waals surface area contributed by atoms with Crippen molar-refractivity contribution < 1.29 is 21.2 Å². The Balaban J connectivity index is 1.64. The molecule has 134 valence electrons. The molecule has 1 aliphatic heterocycles.